The maximum absolute atomic E-state index is 12.6. The summed E-state index contributed by atoms with van der Waals surface area (Å²) in [6.45, 7) is 0.124. The number of carboxylic acids is 1. The number of benzene rings is 3. The summed E-state index contributed by atoms with van der Waals surface area (Å²) in [6.07, 6.45) is -0.759. The van der Waals surface area contributed by atoms with Crippen LogP contribution in [-0.4, -0.2) is 23.8 Å². The van der Waals surface area contributed by atoms with E-state index in [1.165, 1.54) is 11.3 Å². The second-order valence-corrected chi connectivity index (χ2v) is 9.89. The summed E-state index contributed by atoms with van der Waals surface area (Å²) in [4.78, 5) is 26.0. The van der Waals surface area contributed by atoms with Crippen molar-refractivity contribution in [2.24, 2.45) is 0 Å². The summed E-state index contributed by atoms with van der Waals surface area (Å²) in [5, 5.41) is 12.3. The Morgan fingerprint density at radius 3 is 2.09 bits per heavy atom. The number of hydrogen-bond donors (Lipinski definition) is 2. The van der Waals surface area contributed by atoms with E-state index in [1.54, 1.807) is 6.07 Å². The van der Waals surface area contributed by atoms with Gasteiger partial charge in [-0.1, -0.05) is 82.7 Å². The zero-order valence-electron chi connectivity index (χ0n) is 17.9. The van der Waals surface area contributed by atoms with Crippen LogP contribution in [0.2, 0.25) is 0 Å². The Bertz CT molecular complexity index is 1340. The van der Waals surface area contributed by atoms with Crippen LogP contribution >= 0.6 is 27.3 Å². The van der Waals surface area contributed by atoms with Gasteiger partial charge in [0.1, 0.15) is 6.61 Å². The van der Waals surface area contributed by atoms with Crippen molar-refractivity contribution in [3.05, 3.63) is 105 Å². The first-order valence-electron chi connectivity index (χ1n) is 10.7. The first kappa shape index (κ1) is 22.4. The van der Waals surface area contributed by atoms with Crippen LogP contribution in [-0.2, 0) is 9.53 Å². The third kappa shape index (κ3) is 4.24. The van der Waals surface area contributed by atoms with Crippen molar-refractivity contribution in [2.45, 2.75) is 12.0 Å². The molecule has 0 radical (unpaired) electrons. The maximum Gasteiger partial charge on any atom is 0.408 e. The summed E-state index contributed by atoms with van der Waals surface area (Å²) >= 11 is 4.85. The molecule has 0 bridgehead atoms. The van der Waals surface area contributed by atoms with E-state index in [-0.39, 0.29) is 12.5 Å². The van der Waals surface area contributed by atoms with Crippen LogP contribution in [0, 0.1) is 0 Å². The second-order valence-electron chi connectivity index (χ2n) is 7.92. The molecule has 7 heteroatoms. The maximum atomic E-state index is 12.6. The second kappa shape index (κ2) is 9.44. The standard InChI is InChI=1S/C27H20BrNO4S/c28-22-12-6-5-11-20(22)23-13-14-24(34-23)25(26(30)31)29-27(32)33-15-21-18-9-3-1-7-16(18)17-8-2-4-10-19(17)21/h1-14,21,25H,15H2,(H,29,32)(H,30,31). The van der Waals surface area contributed by atoms with E-state index in [1.807, 2.05) is 66.7 Å². The number of ether oxygens (including phenoxy) is 1. The van der Waals surface area contributed by atoms with Gasteiger partial charge in [0.15, 0.2) is 6.04 Å². The Balaban J connectivity index is 1.30. The largest absolute Gasteiger partial charge is 0.479 e. The molecule has 1 amide bonds. The highest BCUT2D eigenvalue weighted by Gasteiger charge is 2.30. The number of nitrogens with one attached hydrogen (secondary N) is 1. The van der Waals surface area contributed by atoms with Crippen LogP contribution in [0.4, 0.5) is 4.79 Å². The number of hydrogen-bond acceptors (Lipinski definition) is 4. The van der Waals surface area contributed by atoms with Gasteiger partial charge in [0, 0.05) is 25.7 Å². The minimum absolute atomic E-state index is 0.0924. The predicted octanol–water partition coefficient (Wildman–Crippen LogP) is 6.84. The van der Waals surface area contributed by atoms with Gasteiger partial charge in [-0.2, -0.15) is 0 Å². The molecule has 0 fully saturated rings. The van der Waals surface area contributed by atoms with E-state index in [0.717, 1.165) is 37.2 Å². The lowest BCUT2D eigenvalue weighted by molar-refractivity contribution is -0.139. The highest BCUT2D eigenvalue weighted by molar-refractivity contribution is 9.10. The Hall–Kier alpha value is -3.42. The topological polar surface area (TPSA) is 75.6 Å². The average molecular weight is 534 g/mol. The number of alkyl carbamates (subject to hydrolysis) is 1. The molecule has 0 spiro atoms. The lowest BCUT2D eigenvalue weighted by Crippen LogP contribution is -2.34. The zero-order chi connectivity index (χ0) is 23.7. The minimum atomic E-state index is -1.20. The molecule has 34 heavy (non-hydrogen) atoms. The van der Waals surface area contributed by atoms with Crippen LogP contribution in [0.3, 0.4) is 0 Å². The van der Waals surface area contributed by atoms with Crippen LogP contribution in [0.25, 0.3) is 21.6 Å². The molecule has 1 atom stereocenters. The van der Waals surface area contributed by atoms with Crippen LogP contribution in [0.1, 0.15) is 28.0 Å². The average Bonchev–Trinajstić information content (AvgIpc) is 3.45. The van der Waals surface area contributed by atoms with Crippen LogP contribution in [0.15, 0.2) is 89.4 Å². The number of fused-ring (bicyclic) bond motifs is 3. The number of halogens is 1. The van der Waals surface area contributed by atoms with Crippen molar-refractivity contribution in [3.8, 4) is 21.6 Å². The fraction of sp³-hybridized carbons (Fsp3) is 0.111. The number of carbonyl (C=O) groups is 2. The van der Waals surface area contributed by atoms with E-state index in [2.05, 4.69) is 33.4 Å². The van der Waals surface area contributed by atoms with E-state index in [4.69, 9.17) is 4.74 Å². The summed E-state index contributed by atoms with van der Waals surface area (Å²) < 4.78 is 6.45. The molecule has 2 N–H and O–H groups in total. The Kier molecular flexibility index (Phi) is 6.22. The number of amides is 1. The number of aliphatic carboxylic acids is 1. The third-order valence-electron chi connectivity index (χ3n) is 5.90. The van der Waals surface area contributed by atoms with Gasteiger partial charge in [0.2, 0.25) is 0 Å². The normalized spacial score (nSPS) is 13.1. The Morgan fingerprint density at radius 1 is 0.882 bits per heavy atom. The fourth-order valence-electron chi connectivity index (χ4n) is 4.33. The first-order valence-corrected chi connectivity index (χ1v) is 12.3. The Labute approximate surface area is 209 Å². The lowest BCUT2D eigenvalue weighted by Gasteiger charge is -2.17. The monoisotopic (exact) mass is 533 g/mol. The van der Waals surface area contributed by atoms with E-state index in [9.17, 15) is 14.7 Å². The molecule has 1 aromatic heterocycles. The molecule has 170 valence electrons. The molecule has 3 aromatic carbocycles. The van der Waals surface area contributed by atoms with Crippen molar-refractivity contribution >= 4 is 39.3 Å². The van der Waals surface area contributed by atoms with Crippen molar-refractivity contribution in [3.63, 3.8) is 0 Å². The van der Waals surface area contributed by atoms with Gasteiger partial charge in [-0.25, -0.2) is 9.59 Å². The van der Waals surface area contributed by atoms with Gasteiger partial charge in [-0.3, -0.25) is 0 Å². The highest BCUT2D eigenvalue weighted by atomic mass is 79.9. The van der Waals surface area contributed by atoms with Gasteiger partial charge < -0.3 is 15.2 Å². The third-order valence-corrected chi connectivity index (χ3v) is 7.78. The molecule has 5 nitrogen and oxygen atoms in total. The number of thiophene rings is 1. The predicted molar refractivity (Wildman–Crippen MR) is 136 cm³/mol. The Morgan fingerprint density at radius 2 is 1.47 bits per heavy atom. The SMILES string of the molecule is O=C(NC(C(=O)O)c1ccc(-c2ccccc2Br)s1)OCC1c2ccccc2-c2ccccc21. The van der Waals surface area contributed by atoms with E-state index < -0.39 is 18.1 Å². The quantitative estimate of drug-likeness (QED) is 0.284. The van der Waals surface area contributed by atoms with Crippen LogP contribution in [0.5, 0.6) is 0 Å². The molecular formula is C27H20BrNO4S. The summed E-state index contributed by atoms with van der Waals surface area (Å²) in [5.41, 5.74) is 5.43. The van der Waals surface area contributed by atoms with E-state index >= 15 is 0 Å². The summed E-state index contributed by atoms with van der Waals surface area (Å²) in [6, 6.07) is 26.2. The first-order chi connectivity index (χ1) is 16.5. The minimum Gasteiger partial charge on any atom is -0.479 e. The summed E-state index contributed by atoms with van der Waals surface area (Å²) in [7, 11) is 0. The molecule has 1 aliphatic carbocycles. The number of rotatable bonds is 6. The van der Waals surface area contributed by atoms with E-state index in [0.29, 0.717) is 4.88 Å². The van der Waals surface area contributed by atoms with Crippen molar-refractivity contribution < 1.29 is 19.4 Å². The highest BCUT2D eigenvalue weighted by Crippen LogP contribution is 2.44. The molecule has 0 saturated heterocycles. The van der Waals surface area contributed by atoms with Gasteiger partial charge >= 0.3 is 12.1 Å². The molecule has 4 aromatic rings. The molecule has 0 saturated carbocycles. The fourth-order valence-corrected chi connectivity index (χ4v) is 6.05. The molecule has 0 aliphatic heterocycles. The van der Waals surface area contributed by atoms with Gasteiger partial charge in [-0.15, -0.1) is 11.3 Å². The number of carboxylic acid groups (broad SMARTS) is 1. The van der Waals surface area contributed by atoms with Crippen LogP contribution < -0.4 is 5.32 Å². The van der Waals surface area contributed by atoms with Gasteiger partial charge in [0.05, 0.1) is 0 Å². The van der Waals surface area contributed by atoms with Gasteiger partial charge in [-0.05, 0) is 40.5 Å². The molecule has 1 unspecified atom stereocenters. The molecular weight excluding hydrogens is 514 g/mol. The molecule has 1 heterocycles. The van der Waals surface area contributed by atoms with Crippen molar-refractivity contribution in [1.82, 2.24) is 5.32 Å². The summed E-state index contributed by atoms with van der Waals surface area (Å²) in [5.74, 6) is -1.24. The van der Waals surface area contributed by atoms with Crippen molar-refractivity contribution in [2.75, 3.05) is 6.61 Å². The molecule has 1 aliphatic rings. The molecule has 5 rings (SSSR count). The van der Waals surface area contributed by atoms with Gasteiger partial charge in [0.25, 0.3) is 0 Å². The van der Waals surface area contributed by atoms with Crippen molar-refractivity contribution in [1.29, 1.82) is 0 Å². The zero-order valence-corrected chi connectivity index (χ0v) is 20.3. The smallest absolute Gasteiger partial charge is 0.408 e. The number of carbonyl (C=O) groups excluding carboxylic acids is 1. The lowest BCUT2D eigenvalue weighted by atomic mass is 9.98.